The molecule has 0 saturated heterocycles. The molecular weight excluding hydrogens is 870 g/mol. The first-order valence-electron chi connectivity index (χ1n) is 25.4. The Morgan fingerprint density at radius 3 is 1.31 bits per heavy atom. The normalized spacial score (nSPS) is 13.4. The molecule has 336 valence electrons. The summed E-state index contributed by atoms with van der Waals surface area (Å²) in [5.74, 6) is 0. The van der Waals surface area contributed by atoms with Gasteiger partial charge in [-0.1, -0.05) is 157 Å². The average molecular weight is 917 g/mol. The van der Waals surface area contributed by atoms with Gasteiger partial charge in [0, 0.05) is 67.1 Å². The Hall–Kier alpha value is -8.73. The second-order valence-corrected chi connectivity index (χ2v) is 20.7. The van der Waals surface area contributed by atoms with Crippen LogP contribution < -0.4 is 31.7 Å². The van der Waals surface area contributed by atoms with Crippen LogP contribution >= 0.6 is 0 Å². The van der Waals surface area contributed by atoms with Crippen LogP contribution in [0.1, 0.15) is 22.3 Å². The summed E-state index contributed by atoms with van der Waals surface area (Å²) in [5.41, 5.74) is 33.0. The Kier molecular flexibility index (Phi) is 8.03. The second kappa shape index (κ2) is 14.4. The first kappa shape index (κ1) is 40.0. The van der Waals surface area contributed by atoms with Crippen molar-refractivity contribution in [1.82, 2.24) is 8.96 Å². The van der Waals surface area contributed by atoms with Crippen LogP contribution in [0.2, 0.25) is 0 Å². The quantitative estimate of drug-likeness (QED) is 0.164. The highest BCUT2D eigenvalue weighted by atomic mass is 15.2. The molecule has 2 aromatic heterocycles. The number of fused-ring (bicyclic) bond motifs is 13. The average Bonchev–Trinajstić information content (AvgIpc) is 3.93. The highest BCUT2D eigenvalue weighted by Crippen LogP contribution is 2.52. The molecule has 16 rings (SSSR count). The number of anilines is 6. The maximum atomic E-state index is 2.77. The van der Waals surface area contributed by atoms with Crippen LogP contribution in [-0.2, 0) is 0 Å². The molecule has 4 aliphatic rings. The van der Waals surface area contributed by atoms with Crippen molar-refractivity contribution >= 4 is 103 Å². The molecule has 0 fully saturated rings. The smallest absolute Gasteiger partial charge is 0.333 e. The van der Waals surface area contributed by atoms with Gasteiger partial charge in [0.2, 0.25) is 0 Å². The van der Waals surface area contributed by atoms with E-state index in [2.05, 4.69) is 253 Å². The van der Waals surface area contributed by atoms with Crippen LogP contribution in [0.3, 0.4) is 0 Å². The van der Waals surface area contributed by atoms with Crippen LogP contribution in [0.4, 0.5) is 34.1 Å². The zero-order valence-electron chi connectivity index (χ0n) is 40.6. The lowest BCUT2D eigenvalue weighted by Gasteiger charge is -2.41. The minimum atomic E-state index is -0.0848. The molecule has 0 bridgehead atoms. The second-order valence-electron chi connectivity index (χ2n) is 20.7. The molecule has 6 heterocycles. The molecule has 10 aromatic carbocycles. The third kappa shape index (κ3) is 5.18. The topological polar surface area (TPSA) is 16.3 Å². The van der Waals surface area contributed by atoms with E-state index in [4.69, 9.17) is 0 Å². The zero-order valence-corrected chi connectivity index (χ0v) is 40.6. The molecule has 72 heavy (non-hydrogen) atoms. The summed E-state index contributed by atoms with van der Waals surface area (Å²) in [6.45, 7) is 8.75. The third-order valence-corrected chi connectivity index (χ3v) is 16.6. The predicted molar refractivity (Wildman–Crippen MR) is 306 cm³/mol. The van der Waals surface area contributed by atoms with E-state index in [9.17, 15) is 0 Å². The standard InChI is InChI=1S/C66H46B2N4/c1-39-30-32-47(42(4)33-39)43-35-53-48-21-15-23-50-63(48)71(67-55-25-11-13-27-57(55)69(59(37-43)61(53)67)45-17-7-5-8-18-45)66-51-24-16-22-49-54-36-44(52-34-40(2)29-31-41(52)3)38-60-62(54)68(72(64(49)51)65(50)66)56-26-12-14-28-58(56)70(60)46-19-9-6-10-20-46/h5-38H,1-4H3. The van der Waals surface area contributed by atoms with Crippen LogP contribution in [-0.4, -0.2) is 22.7 Å². The van der Waals surface area contributed by atoms with Gasteiger partial charge in [0.25, 0.3) is 0 Å². The molecule has 0 unspecified atom stereocenters. The van der Waals surface area contributed by atoms with E-state index in [1.807, 2.05) is 0 Å². The number of aryl methyl sites for hydroxylation is 4. The zero-order chi connectivity index (χ0) is 47.7. The lowest BCUT2D eigenvalue weighted by atomic mass is 9.45. The Morgan fingerprint density at radius 1 is 0.306 bits per heavy atom. The van der Waals surface area contributed by atoms with Crippen LogP contribution in [0, 0.1) is 27.7 Å². The van der Waals surface area contributed by atoms with E-state index >= 15 is 0 Å². The molecule has 4 aliphatic heterocycles. The Bertz CT molecular complexity index is 4350. The molecule has 6 heteroatoms. The summed E-state index contributed by atoms with van der Waals surface area (Å²) in [7, 11) is 0. The van der Waals surface area contributed by atoms with E-state index in [-0.39, 0.29) is 13.7 Å². The molecule has 0 amide bonds. The van der Waals surface area contributed by atoms with Crippen LogP contribution in [0.25, 0.3) is 77.3 Å². The Balaban J connectivity index is 1.06. The van der Waals surface area contributed by atoms with E-state index in [1.165, 1.54) is 144 Å². The van der Waals surface area contributed by atoms with Gasteiger partial charge in [0.05, 0.1) is 11.0 Å². The SMILES string of the molecule is Cc1ccc(-c2cc3c4c(c2)N(c2ccccc2)c2ccccc2B4n2c4c-3cccc4c3c2c2cccc4c2n3B2c3ccccc3N(c3ccccc3)c3cc(-c5cc(C)ccc5C)cc-4c32)c(C)c1. The maximum Gasteiger partial charge on any atom is 0.333 e. The first-order chi connectivity index (χ1) is 35.4. The van der Waals surface area contributed by atoms with E-state index < -0.39 is 0 Å². The molecule has 0 atom stereocenters. The summed E-state index contributed by atoms with van der Waals surface area (Å²) in [6.07, 6.45) is 0. The maximum absolute atomic E-state index is 2.77. The van der Waals surface area contributed by atoms with Gasteiger partial charge in [0.15, 0.2) is 0 Å². The Labute approximate surface area is 419 Å². The van der Waals surface area contributed by atoms with E-state index in [1.54, 1.807) is 0 Å². The fraction of sp³-hybridized carbons (Fsp3) is 0.0606. The van der Waals surface area contributed by atoms with Crippen molar-refractivity contribution in [3.63, 3.8) is 0 Å². The van der Waals surface area contributed by atoms with E-state index in [0.717, 1.165) is 11.4 Å². The number of aromatic nitrogens is 2. The number of para-hydroxylation sites is 6. The molecule has 0 spiro atoms. The molecule has 4 nitrogen and oxygen atoms in total. The predicted octanol–water partition coefficient (Wildman–Crippen LogP) is 14.2. The highest BCUT2D eigenvalue weighted by molar-refractivity contribution is 6.92. The summed E-state index contributed by atoms with van der Waals surface area (Å²) in [4.78, 5) is 5.06. The molecule has 12 aromatic rings. The van der Waals surface area contributed by atoms with Crippen molar-refractivity contribution < 1.29 is 0 Å². The minimum Gasteiger partial charge on any atom is -0.374 e. The van der Waals surface area contributed by atoms with Crippen molar-refractivity contribution in [3.8, 4) is 44.5 Å². The highest BCUT2D eigenvalue weighted by Gasteiger charge is 2.47. The van der Waals surface area contributed by atoms with Gasteiger partial charge >= 0.3 is 13.7 Å². The number of rotatable bonds is 4. The van der Waals surface area contributed by atoms with E-state index in [0.29, 0.717) is 0 Å². The van der Waals surface area contributed by atoms with Crippen molar-refractivity contribution in [1.29, 1.82) is 0 Å². The number of hydrogen-bond donors (Lipinski definition) is 0. The van der Waals surface area contributed by atoms with Gasteiger partial charge in [-0.25, -0.2) is 0 Å². The van der Waals surface area contributed by atoms with Gasteiger partial charge in [0.1, 0.15) is 0 Å². The molecule has 0 aliphatic carbocycles. The van der Waals surface area contributed by atoms with Crippen molar-refractivity contribution in [2.24, 2.45) is 0 Å². The molecule has 0 radical (unpaired) electrons. The first-order valence-corrected chi connectivity index (χ1v) is 25.4. The summed E-state index contributed by atoms with van der Waals surface area (Å²) >= 11 is 0. The van der Waals surface area contributed by atoms with Gasteiger partial charge in [-0.15, -0.1) is 0 Å². The summed E-state index contributed by atoms with van der Waals surface area (Å²) in [6, 6.07) is 78.4. The largest absolute Gasteiger partial charge is 0.374 e. The number of benzene rings is 10. The monoisotopic (exact) mass is 916 g/mol. The fourth-order valence-corrected chi connectivity index (χ4v) is 13.7. The van der Waals surface area contributed by atoms with Crippen LogP contribution in [0.5, 0.6) is 0 Å². The van der Waals surface area contributed by atoms with Gasteiger partial charge < -0.3 is 18.8 Å². The van der Waals surface area contributed by atoms with Gasteiger partial charge in [-0.3, -0.25) is 0 Å². The summed E-state index contributed by atoms with van der Waals surface area (Å²) < 4.78 is 5.55. The van der Waals surface area contributed by atoms with Crippen LogP contribution in [0.15, 0.2) is 206 Å². The Morgan fingerprint density at radius 2 is 0.778 bits per heavy atom. The minimum absolute atomic E-state index is 0.0845. The van der Waals surface area contributed by atoms with Gasteiger partial charge in [-0.2, -0.15) is 0 Å². The molecule has 0 N–H and O–H groups in total. The van der Waals surface area contributed by atoms with Crippen molar-refractivity contribution in [2.45, 2.75) is 27.7 Å². The number of hydrogen-bond acceptors (Lipinski definition) is 2. The third-order valence-electron chi connectivity index (χ3n) is 16.6. The summed E-state index contributed by atoms with van der Waals surface area (Å²) in [5, 5.41) is 2.58. The fourth-order valence-electron chi connectivity index (χ4n) is 13.7. The van der Waals surface area contributed by atoms with Crippen molar-refractivity contribution in [3.05, 3.63) is 229 Å². The molecule has 0 saturated carbocycles. The van der Waals surface area contributed by atoms with Gasteiger partial charge in [-0.05, 0) is 155 Å². The van der Waals surface area contributed by atoms with Crippen molar-refractivity contribution in [2.75, 3.05) is 9.80 Å². The number of nitrogens with zero attached hydrogens (tertiary/aromatic N) is 4. The molecular formula is C66H46B2N4. The lowest BCUT2D eigenvalue weighted by Crippen LogP contribution is -2.56. The lowest BCUT2D eigenvalue weighted by molar-refractivity contribution is 1.25.